The maximum atomic E-state index is 12.5. The third-order valence-corrected chi connectivity index (χ3v) is 4.46. The van der Waals surface area contributed by atoms with Gasteiger partial charge in [-0.2, -0.15) is 0 Å². The minimum absolute atomic E-state index is 0.135. The largest absolute Gasteiger partial charge is 0.469 e. The molecule has 0 unspecified atom stereocenters. The van der Waals surface area contributed by atoms with Crippen molar-refractivity contribution < 1.29 is 18.7 Å². The number of furan rings is 1. The number of esters is 1. The number of para-hydroxylation sites is 1. The lowest BCUT2D eigenvalue weighted by Gasteiger charge is -2.26. The molecule has 1 amide bonds. The highest BCUT2D eigenvalue weighted by Crippen LogP contribution is 2.40. The first-order valence-corrected chi connectivity index (χ1v) is 7.60. The molecule has 0 saturated carbocycles. The summed E-state index contributed by atoms with van der Waals surface area (Å²) in [6.07, 6.45) is 1.74. The number of halogens is 1. The van der Waals surface area contributed by atoms with Crippen LogP contribution in [0.15, 0.2) is 51.6 Å². The van der Waals surface area contributed by atoms with E-state index in [9.17, 15) is 9.59 Å². The number of benzene rings is 1. The van der Waals surface area contributed by atoms with Gasteiger partial charge in [0.05, 0.1) is 25.0 Å². The minimum Gasteiger partial charge on any atom is -0.469 e. The first-order valence-electron chi connectivity index (χ1n) is 6.81. The van der Waals surface area contributed by atoms with Crippen molar-refractivity contribution in [2.45, 2.75) is 18.4 Å². The highest BCUT2D eigenvalue weighted by atomic mass is 79.9. The molecule has 2 atom stereocenters. The molecule has 22 heavy (non-hydrogen) atoms. The van der Waals surface area contributed by atoms with Crippen LogP contribution in [0.5, 0.6) is 0 Å². The zero-order valence-corrected chi connectivity index (χ0v) is 13.4. The fourth-order valence-corrected chi connectivity index (χ4v) is 3.29. The Morgan fingerprint density at radius 2 is 2.09 bits per heavy atom. The first kappa shape index (κ1) is 14.8. The maximum Gasteiger partial charge on any atom is 0.329 e. The molecule has 1 aromatic heterocycles. The standard InChI is InChI=1S/C16H14BrNO4/c1-21-16(20)15-10(13-7-4-8-22-13)9-14(19)18(15)12-6-3-2-5-11(12)17/h2-8,10,15H,9H2,1H3/t10-,15-/m0/s1. The van der Waals surface area contributed by atoms with Crippen molar-refractivity contribution in [2.75, 3.05) is 12.0 Å². The Balaban J connectivity index is 2.06. The quantitative estimate of drug-likeness (QED) is 0.786. The van der Waals surface area contributed by atoms with E-state index in [1.54, 1.807) is 18.2 Å². The summed E-state index contributed by atoms with van der Waals surface area (Å²) in [4.78, 5) is 26.3. The van der Waals surface area contributed by atoms with Gasteiger partial charge in [-0.05, 0) is 40.2 Å². The molecule has 1 fully saturated rings. The summed E-state index contributed by atoms with van der Waals surface area (Å²) in [7, 11) is 1.32. The molecule has 1 aliphatic rings. The number of carbonyl (C=O) groups excluding carboxylic acids is 2. The van der Waals surface area contributed by atoms with Gasteiger partial charge in [-0.3, -0.25) is 9.69 Å². The molecule has 1 saturated heterocycles. The summed E-state index contributed by atoms with van der Waals surface area (Å²) >= 11 is 3.43. The highest BCUT2D eigenvalue weighted by Gasteiger charge is 2.48. The molecule has 5 nitrogen and oxygen atoms in total. The third-order valence-electron chi connectivity index (χ3n) is 3.79. The van der Waals surface area contributed by atoms with E-state index < -0.39 is 12.0 Å². The average Bonchev–Trinajstić information content (AvgIpc) is 3.14. The molecular formula is C16H14BrNO4. The molecule has 2 heterocycles. The highest BCUT2D eigenvalue weighted by molar-refractivity contribution is 9.10. The molecular weight excluding hydrogens is 350 g/mol. The van der Waals surface area contributed by atoms with Crippen molar-refractivity contribution in [3.63, 3.8) is 0 Å². The summed E-state index contributed by atoms with van der Waals surface area (Å²) in [5.74, 6) is -0.341. The van der Waals surface area contributed by atoms with Gasteiger partial charge in [0.2, 0.25) is 5.91 Å². The van der Waals surface area contributed by atoms with Crippen molar-refractivity contribution in [3.8, 4) is 0 Å². The molecule has 1 aromatic carbocycles. The van der Waals surface area contributed by atoms with Crippen LogP contribution in [-0.2, 0) is 14.3 Å². The van der Waals surface area contributed by atoms with Crippen LogP contribution < -0.4 is 4.90 Å². The van der Waals surface area contributed by atoms with Crippen molar-refractivity contribution >= 4 is 33.5 Å². The van der Waals surface area contributed by atoms with Gasteiger partial charge in [-0.25, -0.2) is 4.79 Å². The van der Waals surface area contributed by atoms with Gasteiger partial charge in [0.1, 0.15) is 11.8 Å². The molecule has 0 radical (unpaired) electrons. The van der Waals surface area contributed by atoms with Gasteiger partial charge >= 0.3 is 5.97 Å². The van der Waals surface area contributed by atoms with Crippen LogP contribution in [0.3, 0.4) is 0 Å². The van der Waals surface area contributed by atoms with Crippen LogP contribution in [-0.4, -0.2) is 25.0 Å². The predicted octanol–water partition coefficient (Wildman–Crippen LogP) is 3.10. The zero-order chi connectivity index (χ0) is 15.7. The Kier molecular flexibility index (Phi) is 4.02. The van der Waals surface area contributed by atoms with E-state index in [0.29, 0.717) is 11.4 Å². The molecule has 0 aliphatic carbocycles. The minimum atomic E-state index is -0.734. The second-order valence-corrected chi connectivity index (χ2v) is 5.86. The molecule has 0 spiro atoms. The Hall–Kier alpha value is -2.08. The van der Waals surface area contributed by atoms with E-state index in [2.05, 4.69) is 15.9 Å². The molecule has 2 aromatic rings. The SMILES string of the molecule is COC(=O)[C@@H]1[C@H](c2ccco2)CC(=O)N1c1ccccc1Br. The Morgan fingerprint density at radius 3 is 2.73 bits per heavy atom. The summed E-state index contributed by atoms with van der Waals surface area (Å²) in [5.41, 5.74) is 0.650. The molecule has 3 rings (SSSR count). The van der Waals surface area contributed by atoms with E-state index in [1.807, 2.05) is 18.2 Å². The number of methoxy groups -OCH3 is 1. The second-order valence-electron chi connectivity index (χ2n) is 5.01. The summed E-state index contributed by atoms with van der Waals surface area (Å²) in [6, 6.07) is 10.1. The number of ether oxygens (including phenoxy) is 1. The Labute approximate surface area is 136 Å². The van der Waals surface area contributed by atoms with Gasteiger partial charge < -0.3 is 9.15 Å². The van der Waals surface area contributed by atoms with Crippen molar-refractivity contribution in [3.05, 3.63) is 52.9 Å². The van der Waals surface area contributed by atoms with Gasteiger partial charge in [0.25, 0.3) is 0 Å². The maximum absolute atomic E-state index is 12.5. The van der Waals surface area contributed by atoms with E-state index in [0.717, 1.165) is 4.47 Å². The van der Waals surface area contributed by atoms with Gasteiger partial charge in [0, 0.05) is 10.9 Å². The smallest absolute Gasteiger partial charge is 0.329 e. The average molecular weight is 364 g/mol. The van der Waals surface area contributed by atoms with Crippen LogP contribution in [0.4, 0.5) is 5.69 Å². The lowest BCUT2D eigenvalue weighted by Crippen LogP contribution is -2.41. The van der Waals surface area contributed by atoms with Crippen molar-refractivity contribution in [1.29, 1.82) is 0 Å². The summed E-state index contributed by atoms with van der Waals surface area (Å²) < 4.78 is 11.1. The normalized spacial score (nSPS) is 21.2. The summed E-state index contributed by atoms with van der Waals surface area (Å²) in [5, 5.41) is 0. The van der Waals surface area contributed by atoms with Crippen LogP contribution in [0.2, 0.25) is 0 Å². The lowest BCUT2D eigenvalue weighted by atomic mass is 9.97. The Bertz CT molecular complexity index is 698. The number of anilines is 1. The number of nitrogens with zero attached hydrogens (tertiary/aromatic N) is 1. The second kappa shape index (κ2) is 5.96. The molecule has 0 bridgehead atoms. The Morgan fingerprint density at radius 1 is 1.32 bits per heavy atom. The van der Waals surface area contributed by atoms with E-state index in [-0.39, 0.29) is 18.2 Å². The fraction of sp³-hybridized carbons (Fsp3) is 0.250. The molecule has 0 N–H and O–H groups in total. The predicted molar refractivity (Wildman–Crippen MR) is 83.5 cm³/mol. The number of hydrogen-bond acceptors (Lipinski definition) is 4. The van der Waals surface area contributed by atoms with Crippen LogP contribution >= 0.6 is 15.9 Å². The third kappa shape index (κ3) is 2.43. The number of carbonyl (C=O) groups is 2. The lowest BCUT2D eigenvalue weighted by molar-refractivity contribution is -0.142. The topological polar surface area (TPSA) is 59.8 Å². The van der Waals surface area contributed by atoms with Gasteiger partial charge in [-0.15, -0.1) is 0 Å². The number of amides is 1. The number of rotatable bonds is 3. The van der Waals surface area contributed by atoms with Gasteiger partial charge in [0.15, 0.2) is 0 Å². The van der Waals surface area contributed by atoms with Crippen LogP contribution in [0.1, 0.15) is 18.1 Å². The van der Waals surface area contributed by atoms with Gasteiger partial charge in [-0.1, -0.05) is 12.1 Å². The van der Waals surface area contributed by atoms with E-state index in [1.165, 1.54) is 18.3 Å². The summed E-state index contributed by atoms with van der Waals surface area (Å²) in [6.45, 7) is 0. The zero-order valence-electron chi connectivity index (χ0n) is 11.9. The molecule has 114 valence electrons. The van der Waals surface area contributed by atoms with E-state index in [4.69, 9.17) is 9.15 Å². The monoisotopic (exact) mass is 363 g/mol. The number of hydrogen-bond donors (Lipinski definition) is 0. The molecule has 6 heteroatoms. The van der Waals surface area contributed by atoms with E-state index >= 15 is 0 Å². The van der Waals surface area contributed by atoms with Crippen LogP contribution in [0, 0.1) is 0 Å². The van der Waals surface area contributed by atoms with Crippen molar-refractivity contribution in [1.82, 2.24) is 0 Å². The first-order chi connectivity index (χ1) is 10.6. The van der Waals surface area contributed by atoms with Crippen molar-refractivity contribution in [2.24, 2.45) is 0 Å². The molecule has 1 aliphatic heterocycles. The van der Waals surface area contributed by atoms with Crippen LogP contribution in [0.25, 0.3) is 0 Å². The fourth-order valence-electron chi connectivity index (χ4n) is 2.81.